The van der Waals surface area contributed by atoms with E-state index in [2.05, 4.69) is 4.99 Å². The number of allylic oxidation sites excluding steroid dienone is 2. The third kappa shape index (κ3) is 3.99. The molecule has 9 heteroatoms. The molecule has 0 aromatic heterocycles. The van der Waals surface area contributed by atoms with Crippen molar-refractivity contribution in [3.05, 3.63) is 51.0 Å². The summed E-state index contributed by atoms with van der Waals surface area (Å²) in [4.78, 5) is 27.4. The minimum atomic E-state index is -1.53. The highest BCUT2D eigenvalue weighted by Gasteiger charge is 2.44. The van der Waals surface area contributed by atoms with Crippen LogP contribution in [0.15, 0.2) is 40.3 Å². The molecule has 0 amide bonds. The lowest BCUT2D eigenvalue weighted by molar-refractivity contribution is -0.384. The molecule has 1 N–H and O–H groups in total. The molecule has 2 heterocycles. The van der Waals surface area contributed by atoms with Crippen molar-refractivity contribution in [3.63, 3.8) is 0 Å². The van der Waals surface area contributed by atoms with Crippen molar-refractivity contribution in [1.29, 1.82) is 0 Å². The van der Waals surface area contributed by atoms with Gasteiger partial charge in [0.15, 0.2) is 0 Å². The SMILES string of the molecule is CC1=NC(C)=C(P2OC(C)CC(C)O2)C(c2cccc([N+](=O)[O-])c2)C1C(=O)O. The standard InChI is InChI=1S/C19H23N2O6P/c1-10-8-11(2)27-28(26-10)18-13(4)20-12(3)16(19(22)23)17(18)14-6-5-7-15(9-14)21(24)25/h5-7,9-11,16-17H,8H2,1-4H3,(H,22,23). The summed E-state index contributed by atoms with van der Waals surface area (Å²) < 4.78 is 12.1. The van der Waals surface area contributed by atoms with Gasteiger partial charge in [-0.1, -0.05) is 12.1 Å². The third-order valence-electron chi connectivity index (χ3n) is 4.91. The number of nitro groups is 1. The highest BCUT2D eigenvalue weighted by molar-refractivity contribution is 7.52. The zero-order chi connectivity index (χ0) is 20.6. The van der Waals surface area contributed by atoms with Crippen molar-refractivity contribution in [2.45, 2.75) is 52.2 Å². The van der Waals surface area contributed by atoms with E-state index in [1.807, 2.05) is 13.8 Å². The average Bonchev–Trinajstić information content (AvgIpc) is 2.59. The maximum atomic E-state index is 12.1. The van der Waals surface area contributed by atoms with Crippen molar-refractivity contribution in [2.75, 3.05) is 0 Å². The van der Waals surface area contributed by atoms with Crippen LogP contribution in [0.5, 0.6) is 0 Å². The van der Waals surface area contributed by atoms with Crippen LogP contribution in [-0.4, -0.2) is 33.9 Å². The molecule has 4 unspecified atom stereocenters. The summed E-state index contributed by atoms with van der Waals surface area (Å²) >= 11 is 0. The number of rotatable bonds is 4. The minimum Gasteiger partial charge on any atom is -0.481 e. The molecule has 1 saturated heterocycles. The van der Waals surface area contributed by atoms with Crippen molar-refractivity contribution < 1.29 is 23.9 Å². The highest BCUT2D eigenvalue weighted by Crippen LogP contribution is 2.61. The van der Waals surface area contributed by atoms with Crippen LogP contribution in [-0.2, 0) is 13.8 Å². The second-order valence-corrected chi connectivity index (χ2v) is 8.61. The number of carboxylic acids is 1. The molecule has 0 bridgehead atoms. The maximum absolute atomic E-state index is 12.1. The van der Waals surface area contributed by atoms with Crippen LogP contribution >= 0.6 is 8.38 Å². The molecule has 2 aliphatic heterocycles. The first-order chi connectivity index (χ1) is 13.2. The lowest BCUT2D eigenvalue weighted by Crippen LogP contribution is -2.34. The van der Waals surface area contributed by atoms with Crippen LogP contribution in [0.1, 0.15) is 45.6 Å². The summed E-state index contributed by atoms with van der Waals surface area (Å²) in [5, 5.41) is 21.8. The van der Waals surface area contributed by atoms with Crippen LogP contribution in [0.2, 0.25) is 0 Å². The fourth-order valence-electron chi connectivity index (χ4n) is 3.78. The smallest absolute Gasteiger partial charge is 0.313 e. The molecule has 28 heavy (non-hydrogen) atoms. The number of benzene rings is 1. The molecular formula is C19H23N2O6P. The second-order valence-electron chi connectivity index (χ2n) is 7.19. The maximum Gasteiger partial charge on any atom is 0.313 e. The number of aliphatic imine (C=N–C) groups is 1. The van der Waals surface area contributed by atoms with E-state index in [-0.39, 0.29) is 17.9 Å². The first-order valence-corrected chi connectivity index (χ1v) is 10.2. The lowest BCUT2D eigenvalue weighted by Gasteiger charge is -2.39. The first-order valence-electron chi connectivity index (χ1n) is 9.05. The van der Waals surface area contributed by atoms with Crippen LogP contribution in [0.3, 0.4) is 0 Å². The number of carbonyl (C=O) groups is 1. The summed E-state index contributed by atoms with van der Waals surface area (Å²) in [5.41, 5.74) is 1.57. The van der Waals surface area contributed by atoms with Crippen molar-refractivity contribution in [2.24, 2.45) is 10.9 Å². The van der Waals surface area contributed by atoms with Gasteiger partial charge in [0, 0.05) is 41.2 Å². The molecule has 4 atom stereocenters. The number of hydrogen-bond donors (Lipinski definition) is 1. The number of non-ortho nitro benzene ring substituents is 1. The number of aliphatic carboxylic acids is 1. The summed E-state index contributed by atoms with van der Waals surface area (Å²) in [5.74, 6) is -2.61. The van der Waals surface area contributed by atoms with Crippen molar-refractivity contribution in [1.82, 2.24) is 0 Å². The predicted octanol–water partition coefficient (Wildman–Crippen LogP) is 4.61. The van der Waals surface area contributed by atoms with E-state index in [1.165, 1.54) is 12.1 Å². The van der Waals surface area contributed by atoms with Gasteiger partial charge in [-0.05, 0) is 33.3 Å². The molecule has 0 aliphatic carbocycles. The predicted molar refractivity (Wildman–Crippen MR) is 105 cm³/mol. The van der Waals surface area contributed by atoms with Gasteiger partial charge in [-0.25, -0.2) is 0 Å². The number of carboxylic acid groups (broad SMARTS) is 1. The third-order valence-corrected chi connectivity index (χ3v) is 7.01. The first kappa shape index (κ1) is 20.6. The Morgan fingerprint density at radius 2 is 1.93 bits per heavy atom. The molecule has 1 aromatic rings. The summed E-state index contributed by atoms with van der Waals surface area (Å²) in [6.07, 6.45) is 0.685. The Labute approximate surface area is 164 Å². The molecule has 0 saturated carbocycles. The van der Waals surface area contributed by atoms with E-state index in [9.17, 15) is 20.0 Å². The molecule has 1 fully saturated rings. The van der Waals surface area contributed by atoms with Gasteiger partial charge in [-0.15, -0.1) is 0 Å². The van der Waals surface area contributed by atoms with E-state index in [0.717, 1.165) is 6.42 Å². The fourth-order valence-corrected chi connectivity index (χ4v) is 5.73. The van der Waals surface area contributed by atoms with Crippen LogP contribution < -0.4 is 0 Å². The van der Waals surface area contributed by atoms with Gasteiger partial charge in [0.2, 0.25) is 8.38 Å². The molecular weight excluding hydrogens is 383 g/mol. The highest BCUT2D eigenvalue weighted by atomic mass is 31.2. The normalized spacial score (nSPS) is 30.7. The lowest BCUT2D eigenvalue weighted by atomic mass is 9.80. The molecule has 0 spiro atoms. The minimum absolute atomic E-state index is 0.0313. The summed E-state index contributed by atoms with van der Waals surface area (Å²) in [6.45, 7) is 7.39. The van der Waals surface area contributed by atoms with Gasteiger partial charge in [-0.3, -0.25) is 19.9 Å². The Bertz CT molecular complexity index is 858. The van der Waals surface area contributed by atoms with E-state index in [4.69, 9.17) is 9.05 Å². The molecule has 8 nitrogen and oxygen atoms in total. The molecule has 150 valence electrons. The molecule has 2 aliphatic rings. The van der Waals surface area contributed by atoms with Gasteiger partial charge >= 0.3 is 5.97 Å². The monoisotopic (exact) mass is 406 g/mol. The molecule has 0 radical (unpaired) electrons. The van der Waals surface area contributed by atoms with Crippen LogP contribution in [0.4, 0.5) is 5.69 Å². The zero-order valence-electron chi connectivity index (χ0n) is 16.2. The summed E-state index contributed by atoms with van der Waals surface area (Å²) in [7, 11) is -1.53. The van der Waals surface area contributed by atoms with Crippen LogP contribution in [0, 0.1) is 16.0 Å². The van der Waals surface area contributed by atoms with Crippen molar-refractivity contribution in [3.8, 4) is 0 Å². The van der Waals surface area contributed by atoms with E-state index in [1.54, 1.807) is 26.0 Å². The molecule has 3 rings (SSSR count). The van der Waals surface area contributed by atoms with Crippen LogP contribution in [0.25, 0.3) is 0 Å². The van der Waals surface area contributed by atoms with Gasteiger partial charge in [0.05, 0.1) is 17.1 Å². The Hall–Kier alpha value is -2.15. The molecule has 1 aromatic carbocycles. The fraction of sp³-hybridized carbons (Fsp3) is 0.474. The van der Waals surface area contributed by atoms with Gasteiger partial charge in [0.25, 0.3) is 5.69 Å². The quantitative estimate of drug-likeness (QED) is 0.444. The van der Waals surface area contributed by atoms with Gasteiger partial charge < -0.3 is 14.2 Å². The van der Waals surface area contributed by atoms with Crippen molar-refractivity contribution >= 4 is 25.7 Å². The number of nitro benzene ring substituents is 1. The summed E-state index contributed by atoms with van der Waals surface area (Å²) in [6, 6.07) is 6.11. The van der Waals surface area contributed by atoms with Gasteiger partial charge in [0.1, 0.15) is 5.92 Å². The van der Waals surface area contributed by atoms with E-state index in [0.29, 0.717) is 22.3 Å². The number of nitrogens with zero attached hydrogens (tertiary/aromatic N) is 2. The van der Waals surface area contributed by atoms with Gasteiger partial charge in [-0.2, -0.15) is 0 Å². The Morgan fingerprint density at radius 3 is 2.50 bits per heavy atom. The van der Waals surface area contributed by atoms with E-state index < -0.39 is 31.1 Å². The second kappa shape index (κ2) is 8.07. The Balaban J connectivity index is 2.15. The topological polar surface area (TPSA) is 111 Å². The number of hydrogen-bond acceptors (Lipinski definition) is 6. The largest absolute Gasteiger partial charge is 0.481 e. The van der Waals surface area contributed by atoms with E-state index >= 15 is 0 Å². The zero-order valence-corrected chi connectivity index (χ0v) is 17.1. The Morgan fingerprint density at radius 1 is 1.29 bits per heavy atom. The average molecular weight is 406 g/mol. The Kier molecular flexibility index (Phi) is 5.93.